The summed E-state index contributed by atoms with van der Waals surface area (Å²) in [5.41, 5.74) is 3.26. The van der Waals surface area contributed by atoms with Gasteiger partial charge in [0.05, 0.1) is 11.2 Å². The van der Waals surface area contributed by atoms with E-state index in [2.05, 4.69) is 10.5 Å². The van der Waals surface area contributed by atoms with Crippen molar-refractivity contribution >= 4 is 35.3 Å². The number of halogens is 2. The molecule has 0 bridgehead atoms. The SMILES string of the molecule is O=C(COc1ccccc1Cl)NN=Cc1ccc(-c2ccc(Cl)cc2)o1. The molecule has 1 N–H and O–H groups in total. The molecule has 132 valence electrons. The summed E-state index contributed by atoms with van der Waals surface area (Å²) in [6.45, 7) is -0.199. The normalized spacial score (nSPS) is 10.8. The van der Waals surface area contributed by atoms with E-state index >= 15 is 0 Å². The van der Waals surface area contributed by atoms with Gasteiger partial charge in [-0.1, -0.05) is 35.3 Å². The van der Waals surface area contributed by atoms with Crippen LogP contribution in [0.4, 0.5) is 0 Å². The first-order chi connectivity index (χ1) is 12.6. The third-order valence-corrected chi connectivity index (χ3v) is 3.90. The van der Waals surface area contributed by atoms with Crippen LogP contribution < -0.4 is 10.2 Å². The highest BCUT2D eigenvalue weighted by atomic mass is 35.5. The van der Waals surface area contributed by atoms with Crippen LogP contribution in [0.1, 0.15) is 5.76 Å². The molecule has 0 saturated heterocycles. The Morgan fingerprint density at radius 2 is 1.85 bits per heavy atom. The van der Waals surface area contributed by atoms with Gasteiger partial charge in [-0.15, -0.1) is 0 Å². The number of hydrogen-bond donors (Lipinski definition) is 1. The van der Waals surface area contributed by atoms with Crippen molar-refractivity contribution in [3.8, 4) is 17.1 Å². The van der Waals surface area contributed by atoms with Crippen LogP contribution >= 0.6 is 23.2 Å². The number of furan rings is 1. The molecule has 26 heavy (non-hydrogen) atoms. The molecule has 0 atom stereocenters. The first-order valence-electron chi connectivity index (χ1n) is 7.67. The summed E-state index contributed by atoms with van der Waals surface area (Å²) in [7, 11) is 0. The van der Waals surface area contributed by atoms with E-state index in [9.17, 15) is 4.79 Å². The first-order valence-corrected chi connectivity index (χ1v) is 8.42. The van der Waals surface area contributed by atoms with E-state index in [4.69, 9.17) is 32.4 Å². The fourth-order valence-electron chi connectivity index (χ4n) is 2.10. The zero-order valence-electron chi connectivity index (χ0n) is 13.5. The van der Waals surface area contributed by atoms with E-state index in [1.807, 2.05) is 18.2 Å². The fraction of sp³-hybridized carbons (Fsp3) is 0.0526. The zero-order chi connectivity index (χ0) is 18.4. The lowest BCUT2D eigenvalue weighted by atomic mass is 10.2. The van der Waals surface area contributed by atoms with Gasteiger partial charge in [0, 0.05) is 10.6 Å². The molecule has 1 amide bonds. The Hall–Kier alpha value is -2.76. The second kappa shape index (κ2) is 8.56. The van der Waals surface area contributed by atoms with Gasteiger partial charge in [0.1, 0.15) is 17.3 Å². The summed E-state index contributed by atoms with van der Waals surface area (Å²) in [6, 6.07) is 17.8. The third-order valence-electron chi connectivity index (χ3n) is 3.33. The quantitative estimate of drug-likeness (QED) is 0.487. The van der Waals surface area contributed by atoms with Crippen LogP contribution in [0.2, 0.25) is 10.0 Å². The monoisotopic (exact) mass is 388 g/mol. The summed E-state index contributed by atoms with van der Waals surface area (Å²) >= 11 is 11.8. The Balaban J connectivity index is 1.51. The van der Waals surface area contributed by atoms with Crippen LogP contribution in [0.5, 0.6) is 5.75 Å². The summed E-state index contributed by atoms with van der Waals surface area (Å²) in [5, 5.41) is 4.94. The maximum absolute atomic E-state index is 11.7. The average Bonchev–Trinajstić information content (AvgIpc) is 3.10. The first kappa shape index (κ1) is 18.0. The van der Waals surface area contributed by atoms with Crippen LogP contribution in [0, 0.1) is 0 Å². The molecule has 0 aliphatic heterocycles. The van der Waals surface area contributed by atoms with E-state index in [0.29, 0.717) is 27.3 Å². The third kappa shape index (κ3) is 4.88. The summed E-state index contributed by atoms with van der Waals surface area (Å²) in [5.74, 6) is 1.20. The van der Waals surface area contributed by atoms with Crippen LogP contribution in [-0.2, 0) is 4.79 Å². The molecule has 5 nitrogen and oxygen atoms in total. The zero-order valence-corrected chi connectivity index (χ0v) is 15.0. The number of para-hydroxylation sites is 1. The van der Waals surface area contributed by atoms with Crippen LogP contribution in [0.25, 0.3) is 11.3 Å². The fourth-order valence-corrected chi connectivity index (χ4v) is 2.41. The molecule has 2 aromatic carbocycles. The molecule has 3 rings (SSSR count). The number of carbonyl (C=O) groups excluding carboxylic acids is 1. The molecule has 1 heterocycles. The Morgan fingerprint density at radius 3 is 2.62 bits per heavy atom. The molecule has 0 spiro atoms. The predicted molar refractivity (Wildman–Crippen MR) is 102 cm³/mol. The predicted octanol–water partition coefficient (Wildman–Crippen LogP) is 4.78. The maximum Gasteiger partial charge on any atom is 0.277 e. The molecule has 7 heteroatoms. The standard InChI is InChI=1S/C19H14Cl2N2O3/c20-14-7-5-13(6-8-14)17-10-9-15(26-17)11-22-23-19(24)12-25-18-4-2-1-3-16(18)21/h1-11H,12H2,(H,23,24). The number of carbonyl (C=O) groups is 1. The van der Waals surface area contributed by atoms with E-state index in [0.717, 1.165) is 5.56 Å². The molecular weight excluding hydrogens is 375 g/mol. The summed E-state index contributed by atoms with van der Waals surface area (Å²) in [6.07, 6.45) is 1.41. The van der Waals surface area contributed by atoms with Crippen molar-refractivity contribution in [2.75, 3.05) is 6.61 Å². The molecule has 0 unspecified atom stereocenters. The van der Waals surface area contributed by atoms with Gasteiger partial charge in [-0.2, -0.15) is 5.10 Å². The molecule has 3 aromatic rings. The molecule has 1 aromatic heterocycles. The molecule has 0 radical (unpaired) electrons. The van der Waals surface area contributed by atoms with Crippen molar-refractivity contribution < 1.29 is 13.9 Å². The van der Waals surface area contributed by atoms with Gasteiger partial charge in [-0.05, 0) is 48.5 Å². The number of hydrazone groups is 1. The second-order valence-electron chi connectivity index (χ2n) is 5.22. The smallest absolute Gasteiger partial charge is 0.277 e. The Bertz CT molecular complexity index is 921. The van der Waals surface area contributed by atoms with Crippen LogP contribution in [-0.4, -0.2) is 18.7 Å². The molecule has 0 aliphatic carbocycles. The molecule has 0 saturated carbocycles. The van der Waals surface area contributed by atoms with Crippen LogP contribution in [0.15, 0.2) is 70.2 Å². The molecule has 0 fully saturated rings. The molecular formula is C19H14Cl2N2O3. The highest BCUT2D eigenvalue weighted by Crippen LogP contribution is 2.24. The number of benzene rings is 2. The lowest BCUT2D eigenvalue weighted by molar-refractivity contribution is -0.123. The van der Waals surface area contributed by atoms with Crippen molar-refractivity contribution in [2.45, 2.75) is 0 Å². The Labute approximate surface area is 160 Å². The number of rotatable bonds is 6. The lowest BCUT2D eigenvalue weighted by Gasteiger charge is -2.06. The molecule has 0 aliphatic rings. The largest absolute Gasteiger partial charge is 0.482 e. The minimum atomic E-state index is -0.411. The van der Waals surface area contributed by atoms with Crippen molar-refractivity contribution in [3.05, 3.63) is 76.5 Å². The summed E-state index contributed by atoms with van der Waals surface area (Å²) < 4.78 is 11.0. The van der Waals surface area contributed by atoms with E-state index in [-0.39, 0.29) is 6.61 Å². The van der Waals surface area contributed by atoms with Gasteiger partial charge in [0.2, 0.25) is 0 Å². The Kier molecular flexibility index (Phi) is 5.94. The number of ether oxygens (including phenoxy) is 1. The van der Waals surface area contributed by atoms with E-state index < -0.39 is 5.91 Å². The van der Waals surface area contributed by atoms with Crippen molar-refractivity contribution in [1.29, 1.82) is 0 Å². The average molecular weight is 389 g/mol. The van der Waals surface area contributed by atoms with Gasteiger partial charge in [-0.25, -0.2) is 5.43 Å². The van der Waals surface area contributed by atoms with Crippen molar-refractivity contribution in [2.24, 2.45) is 5.10 Å². The maximum atomic E-state index is 11.7. The van der Waals surface area contributed by atoms with Crippen molar-refractivity contribution in [1.82, 2.24) is 5.43 Å². The number of amides is 1. The van der Waals surface area contributed by atoms with Gasteiger partial charge in [0.15, 0.2) is 6.61 Å². The number of nitrogens with one attached hydrogen (secondary N) is 1. The van der Waals surface area contributed by atoms with Gasteiger partial charge >= 0.3 is 0 Å². The summed E-state index contributed by atoms with van der Waals surface area (Å²) in [4.78, 5) is 11.7. The topological polar surface area (TPSA) is 63.8 Å². The minimum absolute atomic E-state index is 0.199. The van der Waals surface area contributed by atoms with Gasteiger partial charge in [0.25, 0.3) is 5.91 Å². The Morgan fingerprint density at radius 1 is 1.08 bits per heavy atom. The van der Waals surface area contributed by atoms with Gasteiger partial charge in [-0.3, -0.25) is 4.79 Å². The number of nitrogens with zero attached hydrogens (tertiary/aromatic N) is 1. The van der Waals surface area contributed by atoms with E-state index in [1.54, 1.807) is 42.5 Å². The lowest BCUT2D eigenvalue weighted by Crippen LogP contribution is -2.24. The van der Waals surface area contributed by atoms with Crippen molar-refractivity contribution in [3.63, 3.8) is 0 Å². The minimum Gasteiger partial charge on any atom is -0.482 e. The highest BCUT2D eigenvalue weighted by molar-refractivity contribution is 6.32. The van der Waals surface area contributed by atoms with Crippen LogP contribution in [0.3, 0.4) is 0 Å². The number of hydrogen-bond acceptors (Lipinski definition) is 4. The second-order valence-corrected chi connectivity index (χ2v) is 6.06. The highest BCUT2D eigenvalue weighted by Gasteiger charge is 2.05. The van der Waals surface area contributed by atoms with E-state index in [1.165, 1.54) is 6.21 Å². The van der Waals surface area contributed by atoms with Gasteiger partial charge < -0.3 is 9.15 Å².